The molecule has 114 valence electrons. The van der Waals surface area contributed by atoms with Gasteiger partial charge >= 0.3 is 0 Å². The molecule has 0 saturated carbocycles. The van der Waals surface area contributed by atoms with E-state index in [-0.39, 0.29) is 5.78 Å². The van der Waals surface area contributed by atoms with Crippen molar-refractivity contribution < 1.29 is 4.79 Å². The molecule has 0 radical (unpaired) electrons. The predicted molar refractivity (Wildman–Crippen MR) is 92.8 cm³/mol. The lowest BCUT2D eigenvalue weighted by molar-refractivity contribution is -0.114. The summed E-state index contributed by atoms with van der Waals surface area (Å²) in [5.41, 5.74) is 2.72. The molecule has 0 saturated heterocycles. The number of ketones is 1. The number of allylic oxidation sites excluding steroid dienone is 1. The topological polar surface area (TPSA) is 17.1 Å². The average molecular weight is 292 g/mol. The Hall–Kier alpha value is -2.15. The molecule has 2 aromatic carbocycles. The van der Waals surface area contributed by atoms with E-state index in [4.69, 9.17) is 0 Å². The third kappa shape index (κ3) is 5.69. The SMILES string of the molecule is C=CC(=O)CCC(CCc1ccccc1)Cc1ccccc1. The van der Waals surface area contributed by atoms with Gasteiger partial charge in [-0.25, -0.2) is 0 Å². The maximum atomic E-state index is 11.5. The van der Waals surface area contributed by atoms with Crippen LogP contribution in [-0.2, 0) is 17.6 Å². The lowest BCUT2D eigenvalue weighted by Gasteiger charge is -2.16. The lowest BCUT2D eigenvalue weighted by atomic mass is 9.88. The minimum atomic E-state index is 0.151. The molecule has 1 atom stereocenters. The highest BCUT2D eigenvalue weighted by atomic mass is 16.1. The summed E-state index contributed by atoms with van der Waals surface area (Å²) in [4.78, 5) is 11.5. The Balaban J connectivity index is 1.94. The Kier molecular flexibility index (Phi) is 6.63. The van der Waals surface area contributed by atoms with E-state index in [2.05, 4.69) is 55.1 Å². The second kappa shape index (κ2) is 8.99. The number of carbonyl (C=O) groups excluding carboxylic acids is 1. The molecular formula is C21H24O. The highest BCUT2D eigenvalue weighted by molar-refractivity contribution is 5.88. The van der Waals surface area contributed by atoms with Gasteiger partial charge in [-0.15, -0.1) is 0 Å². The molecule has 0 bridgehead atoms. The van der Waals surface area contributed by atoms with Crippen molar-refractivity contribution in [1.82, 2.24) is 0 Å². The molecule has 1 nitrogen and oxygen atoms in total. The maximum Gasteiger partial charge on any atom is 0.155 e. The Morgan fingerprint density at radius 1 is 0.909 bits per heavy atom. The van der Waals surface area contributed by atoms with E-state index in [1.54, 1.807) is 0 Å². The van der Waals surface area contributed by atoms with E-state index in [0.717, 1.165) is 25.7 Å². The van der Waals surface area contributed by atoms with E-state index >= 15 is 0 Å². The van der Waals surface area contributed by atoms with Crippen LogP contribution in [0.2, 0.25) is 0 Å². The van der Waals surface area contributed by atoms with Crippen LogP contribution in [-0.4, -0.2) is 5.78 Å². The first-order valence-electron chi connectivity index (χ1n) is 8.01. The van der Waals surface area contributed by atoms with Crippen molar-refractivity contribution >= 4 is 5.78 Å². The van der Waals surface area contributed by atoms with Crippen molar-refractivity contribution in [3.63, 3.8) is 0 Å². The van der Waals surface area contributed by atoms with Gasteiger partial charge in [-0.2, -0.15) is 0 Å². The number of aryl methyl sites for hydroxylation is 1. The molecule has 0 amide bonds. The highest BCUT2D eigenvalue weighted by Gasteiger charge is 2.11. The number of hydrogen-bond donors (Lipinski definition) is 0. The monoisotopic (exact) mass is 292 g/mol. The van der Waals surface area contributed by atoms with Crippen LogP contribution in [0.3, 0.4) is 0 Å². The number of carbonyl (C=O) groups is 1. The Labute approximate surface area is 133 Å². The first kappa shape index (κ1) is 16.2. The van der Waals surface area contributed by atoms with Crippen LogP contribution in [0.1, 0.15) is 30.4 Å². The molecule has 0 aliphatic heterocycles. The van der Waals surface area contributed by atoms with Gasteiger partial charge in [0.1, 0.15) is 0 Å². The molecule has 22 heavy (non-hydrogen) atoms. The van der Waals surface area contributed by atoms with Gasteiger partial charge in [0.25, 0.3) is 0 Å². The molecule has 0 N–H and O–H groups in total. The Morgan fingerprint density at radius 2 is 1.50 bits per heavy atom. The first-order chi connectivity index (χ1) is 10.8. The Morgan fingerprint density at radius 3 is 2.09 bits per heavy atom. The van der Waals surface area contributed by atoms with Crippen LogP contribution in [0.15, 0.2) is 73.3 Å². The third-order valence-corrected chi connectivity index (χ3v) is 4.08. The molecule has 0 spiro atoms. The second-order valence-corrected chi connectivity index (χ2v) is 5.79. The zero-order valence-electron chi connectivity index (χ0n) is 13.1. The van der Waals surface area contributed by atoms with Crippen molar-refractivity contribution in [2.24, 2.45) is 5.92 Å². The summed E-state index contributed by atoms with van der Waals surface area (Å²) >= 11 is 0. The summed E-state index contributed by atoms with van der Waals surface area (Å²) < 4.78 is 0. The van der Waals surface area contributed by atoms with Gasteiger partial charge in [0.2, 0.25) is 0 Å². The number of hydrogen-bond acceptors (Lipinski definition) is 1. The molecule has 2 aromatic rings. The summed E-state index contributed by atoms with van der Waals surface area (Å²) in [7, 11) is 0. The van der Waals surface area contributed by atoms with Crippen LogP contribution >= 0.6 is 0 Å². The second-order valence-electron chi connectivity index (χ2n) is 5.79. The van der Waals surface area contributed by atoms with Crippen molar-refractivity contribution in [3.8, 4) is 0 Å². The van der Waals surface area contributed by atoms with Crippen LogP contribution < -0.4 is 0 Å². The van der Waals surface area contributed by atoms with Gasteiger partial charge in [-0.1, -0.05) is 67.2 Å². The summed E-state index contributed by atoms with van der Waals surface area (Å²) in [5, 5.41) is 0. The molecule has 1 heteroatoms. The standard InChI is InChI=1S/C21H24O/c1-2-21(22)16-15-20(17-19-11-7-4-8-12-19)14-13-18-9-5-3-6-10-18/h2-12,20H,1,13-17H2. The van der Waals surface area contributed by atoms with E-state index in [1.807, 2.05) is 12.1 Å². The fraction of sp³-hybridized carbons (Fsp3) is 0.286. The van der Waals surface area contributed by atoms with E-state index < -0.39 is 0 Å². The zero-order chi connectivity index (χ0) is 15.6. The Bertz CT molecular complexity index is 571. The summed E-state index contributed by atoms with van der Waals surface area (Å²) in [6.07, 6.45) is 6.21. The van der Waals surface area contributed by atoms with Gasteiger partial charge < -0.3 is 0 Å². The summed E-state index contributed by atoms with van der Waals surface area (Å²) in [6.45, 7) is 3.57. The molecule has 1 unspecified atom stereocenters. The molecule has 0 fully saturated rings. The minimum absolute atomic E-state index is 0.151. The molecule has 2 rings (SSSR count). The quantitative estimate of drug-likeness (QED) is 0.593. The predicted octanol–water partition coefficient (Wildman–Crippen LogP) is 5.01. The third-order valence-electron chi connectivity index (χ3n) is 4.08. The van der Waals surface area contributed by atoms with Crippen molar-refractivity contribution in [1.29, 1.82) is 0 Å². The van der Waals surface area contributed by atoms with E-state index in [0.29, 0.717) is 12.3 Å². The van der Waals surface area contributed by atoms with Gasteiger partial charge in [0, 0.05) is 6.42 Å². The van der Waals surface area contributed by atoms with Crippen LogP contribution in [0.25, 0.3) is 0 Å². The first-order valence-corrected chi connectivity index (χ1v) is 8.01. The fourth-order valence-corrected chi connectivity index (χ4v) is 2.76. The lowest BCUT2D eigenvalue weighted by Crippen LogP contribution is -2.09. The van der Waals surface area contributed by atoms with Gasteiger partial charge in [-0.05, 0) is 48.8 Å². The molecule has 0 aliphatic rings. The van der Waals surface area contributed by atoms with Gasteiger partial charge in [0.15, 0.2) is 5.78 Å². The zero-order valence-corrected chi connectivity index (χ0v) is 13.1. The smallest absolute Gasteiger partial charge is 0.155 e. The molecular weight excluding hydrogens is 268 g/mol. The van der Waals surface area contributed by atoms with Crippen molar-refractivity contribution in [3.05, 3.63) is 84.4 Å². The normalized spacial score (nSPS) is 11.8. The number of rotatable bonds is 9. The van der Waals surface area contributed by atoms with Crippen molar-refractivity contribution in [2.45, 2.75) is 32.1 Å². The van der Waals surface area contributed by atoms with Crippen molar-refractivity contribution in [2.75, 3.05) is 0 Å². The molecule has 0 aliphatic carbocycles. The van der Waals surface area contributed by atoms with Crippen LogP contribution in [0.5, 0.6) is 0 Å². The minimum Gasteiger partial charge on any atom is -0.295 e. The average Bonchev–Trinajstić information content (AvgIpc) is 2.58. The molecule has 0 aromatic heterocycles. The van der Waals surface area contributed by atoms with E-state index in [9.17, 15) is 4.79 Å². The van der Waals surface area contributed by atoms with Crippen LogP contribution in [0, 0.1) is 5.92 Å². The van der Waals surface area contributed by atoms with Crippen LogP contribution in [0.4, 0.5) is 0 Å². The van der Waals surface area contributed by atoms with Gasteiger partial charge in [0.05, 0.1) is 0 Å². The van der Waals surface area contributed by atoms with E-state index in [1.165, 1.54) is 17.2 Å². The highest BCUT2D eigenvalue weighted by Crippen LogP contribution is 2.20. The fourth-order valence-electron chi connectivity index (χ4n) is 2.76. The molecule has 0 heterocycles. The summed E-state index contributed by atoms with van der Waals surface area (Å²) in [5.74, 6) is 0.685. The maximum absolute atomic E-state index is 11.5. The summed E-state index contributed by atoms with van der Waals surface area (Å²) in [6, 6.07) is 21.1. The number of benzene rings is 2. The van der Waals surface area contributed by atoms with Gasteiger partial charge in [-0.3, -0.25) is 4.79 Å². The largest absolute Gasteiger partial charge is 0.295 e.